The molecule has 1 saturated heterocycles. The molecule has 1 aromatic rings. The zero-order valence-electron chi connectivity index (χ0n) is 9.91. The maximum Gasteiger partial charge on any atom is 0.101 e. The van der Waals surface area contributed by atoms with E-state index in [1.807, 2.05) is 12.1 Å². The van der Waals surface area contributed by atoms with Gasteiger partial charge in [0, 0.05) is 18.3 Å². The van der Waals surface area contributed by atoms with Gasteiger partial charge >= 0.3 is 0 Å². The summed E-state index contributed by atoms with van der Waals surface area (Å²) < 4.78 is 0. The quantitative estimate of drug-likeness (QED) is 0.895. The van der Waals surface area contributed by atoms with Crippen LogP contribution in [0.25, 0.3) is 0 Å². The van der Waals surface area contributed by atoms with Gasteiger partial charge < -0.3 is 10.2 Å². The monoisotopic (exact) mass is 249 g/mol. The summed E-state index contributed by atoms with van der Waals surface area (Å²) >= 11 is 5.98. The van der Waals surface area contributed by atoms with Crippen molar-refractivity contribution in [2.75, 3.05) is 25.5 Å². The highest BCUT2D eigenvalue weighted by Gasteiger charge is 2.20. The second-order valence-corrected chi connectivity index (χ2v) is 4.87. The number of benzene rings is 1. The van der Waals surface area contributed by atoms with E-state index in [2.05, 4.69) is 23.3 Å². The maximum absolute atomic E-state index is 8.79. The Hall–Kier alpha value is -1.24. The number of anilines is 1. The topological polar surface area (TPSA) is 39.1 Å². The van der Waals surface area contributed by atoms with Crippen molar-refractivity contribution in [3.8, 4) is 6.07 Å². The van der Waals surface area contributed by atoms with E-state index in [1.54, 1.807) is 6.07 Å². The predicted octanol–water partition coefficient (Wildman–Crippen LogP) is 2.72. The van der Waals surface area contributed by atoms with Gasteiger partial charge in [0.1, 0.15) is 6.07 Å². The van der Waals surface area contributed by atoms with Crippen LogP contribution in [-0.2, 0) is 0 Å². The van der Waals surface area contributed by atoms with Gasteiger partial charge in [-0.3, -0.25) is 0 Å². The molecule has 0 saturated carbocycles. The molecule has 1 aliphatic heterocycles. The molecule has 1 heterocycles. The van der Waals surface area contributed by atoms with Gasteiger partial charge in [0.2, 0.25) is 0 Å². The Labute approximate surface area is 107 Å². The van der Waals surface area contributed by atoms with Crippen LogP contribution in [-0.4, -0.2) is 31.1 Å². The SMILES string of the molecule is CN1CCCC1CNc1ccc(C#N)c(Cl)c1. The molecule has 0 aliphatic carbocycles. The van der Waals surface area contributed by atoms with Gasteiger partial charge in [-0.05, 0) is 44.6 Å². The van der Waals surface area contributed by atoms with Crippen molar-refractivity contribution in [2.24, 2.45) is 0 Å². The van der Waals surface area contributed by atoms with E-state index in [0.29, 0.717) is 16.6 Å². The minimum absolute atomic E-state index is 0.511. The summed E-state index contributed by atoms with van der Waals surface area (Å²) in [5.41, 5.74) is 1.50. The molecule has 0 radical (unpaired) electrons. The van der Waals surface area contributed by atoms with Crippen LogP contribution < -0.4 is 5.32 Å². The fourth-order valence-corrected chi connectivity index (χ4v) is 2.41. The third-order valence-electron chi connectivity index (χ3n) is 3.30. The van der Waals surface area contributed by atoms with Gasteiger partial charge in [-0.2, -0.15) is 5.26 Å². The molecule has 1 unspecified atom stereocenters. The zero-order chi connectivity index (χ0) is 12.3. The molecule has 4 heteroatoms. The number of nitrogens with one attached hydrogen (secondary N) is 1. The highest BCUT2D eigenvalue weighted by atomic mass is 35.5. The molecule has 1 atom stereocenters. The van der Waals surface area contributed by atoms with E-state index in [0.717, 1.165) is 12.2 Å². The van der Waals surface area contributed by atoms with Crippen LogP contribution in [0.3, 0.4) is 0 Å². The van der Waals surface area contributed by atoms with Crippen LogP contribution in [0.2, 0.25) is 5.02 Å². The van der Waals surface area contributed by atoms with Crippen molar-refractivity contribution in [2.45, 2.75) is 18.9 Å². The number of likely N-dealkylation sites (tertiary alicyclic amines) is 1. The van der Waals surface area contributed by atoms with Crippen LogP contribution in [0.4, 0.5) is 5.69 Å². The van der Waals surface area contributed by atoms with Crippen LogP contribution in [0, 0.1) is 11.3 Å². The average molecular weight is 250 g/mol. The number of nitriles is 1. The van der Waals surface area contributed by atoms with E-state index < -0.39 is 0 Å². The van der Waals surface area contributed by atoms with Crippen LogP contribution >= 0.6 is 11.6 Å². The lowest BCUT2D eigenvalue weighted by Gasteiger charge is -2.20. The Balaban J connectivity index is 1.95. The lowest BCUT2D eigenvalue weighted by molar-refractivity contribution is 0.322. The van der Waals surface area contributed by atoms with E-state index in [4.69, 9.17) is 16.9 Å². The molecular weight excluding hydrogens is 234 g/mol. The van der Waals surface area contributed by atoms with E-state index in [9.17, 15) is 0 Å². The highest BCUT2D eigenvalue weighted by Crippen LogP contribution is 2.21. The highest BCUT2D eigenvalue weighted by molar-refractivity contribution is 6.32. The molecule has 2 rings (SSSR count). The molecule has 3 nitrogen and oxygen atoms in total. The lowest BCUT2D eigenvalue weighted by atomic mass is 10.2. The second kappa shape index (κ2) is 5.39. The standard InChI is InChI=1S/C13H16ClN3/c1-17-6-2-3-12(17)9-16-11-5-4-10(8-15)13(14)7-11/h4-5,7,12,16H,2-3,6,9H2,1H3. The van der Waals surface area contributed by atoms with E-state index >= 15 is 0 Å². The van der Waals surface area contributed by atoms with Gasteiger partial charge in [0.05, 0.1) is 10.6 Å². The van der Waals surface area contributed by atoms with Crippen molar-refractivity contribution < 1.29 is 0 Å². The Kier molecular flexibility index (Phi) is 3.88. The molecule has 90 valence electrons. The average Bonchev–Trinajstić information content (AvgIpc) is 2.72. The predicted molar refractivity (Wildman–Crippen MR) is 70.3 cm³/mol. The molecule has 0 aromatic heterocycles. The van der Waals surface area contributed by atoms with E-state index in [1.165, 1.54) is 19.4 Å². The molecular formula is C13H16ClN3. The van der Waals surface area contributed by atoms with Crippen molar-refractivity contribution in [3.63, 3.8) is 0 Å². The first-order valence-corrected chi connectivity index (χ1v) is 6.22. The first-order valence-electron chi connectivity index (χ1n) is 5.84. The third kappa shape index (κ3) is 2.91. The lowest BCUT2D eigenvalue weighted by Crippen LogP contribution is -2.31. The van der Waals surface area contributed by atoms with Crippen molar-refractivity contribution in [1.82, 2.24) is 4.90 Å². The molecule has 0 bridgehead atoms. The van der Waals surface area contributed by atoms with Crippen LogP contribution in [0.15, 0.2) is 18.2 Å². The summed E-state index contributed by atoms with van der Waals surface area (Å²) in [6, 6.07) is 8.13. The van der Waals surface area contributed by atoms with Gasteiger partial charge in [-0.1, -0.05) is 11.6 Å². The third-order valence-corrected chi connectivity index (χ3v) is 3.62. The molecule has 1 fully saturated rings. The molecule has 1 aromatic carbocycles. The summed E-state index contributed by atoms with van der Waals surface area (Å²) in [5.74, 6) is 0. The van der Waals surface area contributed by atoms with Crippen LogP contribution in [0.1, 0.15) is 18.4 Å². The molecule has 17 heavy (non-hydrogen) atoms. The Bertz CT molecular complexity index is 439. The number of hydrogen-bond acceptors (Lipinski definition) is 3. The van der Waals surface area contributed by atoms with Crippen molar-refractivity contribution in [1.29, 1.82) is 5.26 Å². The summed E-state index contributed by atoms with van der Waals surface area (Å²) in [5, 5.41) is 12.7. The minimum Gasteiger partial charge on any atom is -0.383 e. The normalized spacial score (nSPS) is 20.2. The van der Waals surface area contributed by atoms with E-state index in [-0.39, 0.29) is 0 Å². The summed E-state index contributed by atoms with van der Waals surface area (Å²) in [6.07, 6.45) is 2.52. The Morgan fingerprint density at radius 1 is 1.59 bits per heavy atom. The maximum atomic E-state index is 8.79. The fraction of sp³-hybridized carbons (Fsp3) is 0.462. The number of likely N-dealkylation sites (N-methyl/N-ethyl adjacent to an activating group) is 1. The summed E-state index contributed by atoms with van der Waals surface area (Å²) in [7, 11) is 2.16. The Morgan fingerprint density at radius 2 is 2.41 bits per heavy atom. The largest absolute Gasteiger partial charge is 0.383 e. The van der Waals surface area contributed by atoms with Gasteiger partial charge in [0.25, 0.3) is 0 Å². The molecule has 1 aliphatic rings. The number of rotatable bonds is 3. The van der Waals surface area contributed by atoms with Crippen LogP contribution in [0.5, 0.6) is 0 Å². The first-order chi connectivity index (χ1) is 8.20. The number of nitrogens with zero attached hydrogens (tertiary/aromatic N) is 2. The van der Waals surface area contributed by atoms with Gasteiger partial charge in [0.15, 0.2) is 0 Å². The van der Waals surface area contributed by atoms with Crippen molar-refractivity contribution >= 4 is 17.3 Å². The Morgan fingerprint density at radius 3 is 3.00 bits per heavy atom. The number of halogens is 1. The first kappa shape index (κ1) is 12.2. The fourth-order valence-electron chi connectivity index (χ4n) is 2.19. The van der Waals surface area contributed by atoms with Gasteiger partial charge in [-0.15, -0.1) is 0 Å². The zero-order valence-corrected chi connectivity index (χ0v) is 10.7. The number of hydrogen-bond donors (Lipinski definition) is 1. The van der Waals surface area contributed by atoms with Crippen molar-refractivity contribution in [3.05, 3.63) is 28.8 Å². The summed E-state index contributed by atoms with van der Waals surface area (Å²) in [6.45, 7) is 2.11. The molecule has 0 spiro atoms. The molecule has 1 N–H and O–H groups in total. The smallest absolute Gasteiger partial charge is 0.101 e. The second-order valence-electron chi connectivity index (χ2n) is 4.46. The minimum atomic E-state index is 0.511. The molecule has 0 amide bonds. The van der Waals surface area contributed by atoms with Gasteiger partial charge in [-0.25, -0.2) is 0 Å². The summed E-state index contributed by atoms with van der Waals surface area (Å²) in [4.78, 5) is 2.37.